The van der Waals surface area contributed by atoms with Gasteiger partial charge in [-0.15, -0.1) is 0 Å². The van der Waals surface area contributed by atoms with E-state index in [1.807, 2.05) is 30.3 Å². The summed E-state index contributed by atoms with van der Waals surface area (Å²) in [5.74, 6) is -0.693. The van der Waals surface area contributed by atoms with Crippen LogP contribution in [0.4, 0.5) is 4.79 Å². The fourth-order valence-corrected chi connectivity index (χ4v) is 2.08. The van der Waals surface area contributed by atoms with Gasteiger partial charge in [0.2, 0.25) is 0 Å². The lowest BCUT2D eigenvalue weighted by molar-refractivity contribution is -0.152. The number of aliphatic hydroxyl groups is 1. The van der Waals surface area contributed by atoms with E-state index in [4.69, 9.17) is 9.47 Å². The van der Waals surface area contributed by atoms with Crippen molar-refractivity contribution < 1.29 is 24.2 Å². The Balaban J connectivity index is 2.97. The first-order chi connectivity index (χ1) is 11.7. The largest absolute Gasteiger partial charge is 0.464 e. The summed E-state index contributed by atoms with van der Waals surface area (Å²) in [6.07, 6.45) is 1.19. The van der Waals surface area contributed by atoms with Crippen molar-refractivity contribution in [2.75, 3.05) is 13.7 Å². The Hall–Kier alpha value is -2.34. The van der Waals surface area contributed by atoms with Crippen molar-refractivity contribution in [2.24, 2.45) is 0 Å². The summed E-state index contributed by atoms with van der Waals surface area (Å²) in [5.41, 5.74) is 0.152. The SMILES string of the molecule is CCOC(=O)[C@H]([C@@H](O)/C=C/c1ccccc1)N(C)C(=O)OC(C)(C)C. The van der Waals surface area contributed by atoms with Crippen molar-refractivity contribution in [1.29, 1.82) is 0 Å². The molecule has 0 saturated carbocycles. The summed E-state index contributed by atoms with van der Waals surface area (Å²) in [5, 5.41) is 10.4. The molecule has 0 aliphatic rings. The highest BCUT2D eigenvalue weighted by atomic mass is 16.6. The summed E-state index contributed by atoms with van der Waals surface area (Å²) in [6.45, 7) is 6.98. The number of carbonyl (C=O) groups excluding carboxylic acids is 2. The first kappa shape index (κ1) is 20.7. The van der Waals surface area contributed by atoms with Gasteiger partial charge in [0, 0.05) is 7.05 Å². The van der Waals surface area contributed by atoms with Crippen molar-refractivity contribution in [3.63, 3.8) is 0 Å². The molecule has 1 N–H and O–H groups in total. The molecule has 0 aliphatic carbocycles. The van der Waals surface area contributed by atoms with Gasteiger partial charge in [-0.05, 0) is 33.3 Å². The minimum absolute atomic E-state index is 0.145. The Morgan fingerprint density at radius 3 is 2.36 bits per heavy atom. The van der Waals surface area contributed by atoms with E-state index in [2.05, 4.69) is 0 Å². The number of likely N-dealkylation sites (N-methyl/N-ethyl adjacent to an activating group) is 1. The van der Waals surface area contributed by atoms with E-state index in [1.165, 1.54) is 13.1 Å². The van der Waals surface area contributed by atoms with Crippen LogP contribution < -0.4 is 0 Å². The number of amides is 1. The van der Waals surface area contributed by atoms with E-state index in [1.54, 1.807) is 33.8 Å². The number of ether oxygens (including phenoxy) is 2. The number of carbonyl (C=O) groups is 2. The van der Waals surface area contributed by atoms with Crippen molar-refractivity contribution in [1.82, 2.24) is 4.90 Å². The maximum atomic E-state index is 12.2. The lowest BCUT2D eigenvalue weighted by atomic mass is 10.1. The molecule has 0 heterocycles. The monoisotopic (exact) mass is 349 g/mol. The fraction of sp³-hybridized carbons (Fsp3) is 0.474. The Kier molecular flexibility index (Phi) is 7.64. The van der Waals surface area contributed by atoms with Gasteiger partial charge in [-0.3, -0.25) is 4.90 Å². The summed E-state index contributed by atoms with van der Waals surface area (Å²) in [4.78, 5) is 25.5. The highest BCUT2D eigenvalue weighted by Gasteiger charge is 2.35. The molecule has 1 amide bonds. The zero-order valence-corrected chi connectivity index (χ0v) is 15.4. The van der Waals surface area contributed by atoms with Crippen LogP contribution in [0.15, 0.2) is 36.4 Å². The van der Waals surface area contributed by atoms with E-state index in [0.29, 0.717) is 0 Å². The number of benzene rings is 1. The number of esters is 1. The normalized spacial score (nSPS) is 14.0. The van der Waals surface area contributed by atoms with Crippen LogP contribution in [0.3, 0.4) is 0 Å². The molecule has 0 fully saturated rings. The molecular weight excluding hydrogens is 322 g/mol. The molecule has 0 bridgehead atoms. The van der Waals surface area contributed by atoms with Crippen LogP contribution in [-0.4, -0.2) is 53.5 Å². The molecule has 25 heavy (non-hydrogen) atoms. The lowest BCUT2D eigenvalue weighted by Gasteiger charge is -2.31. The average molecular weight is 349 g/mol. The number of hydrogen-bond donors (Lipinski definition) is 1. The van der Waals surface area contributed by atoms with Crippen LogP contribution in [0, 0.1) is 0 Å². The Bertz CT molecular complexity index is 592. The lowest BCUT2D eigenvalue weighted by Crippen LogP contribution is -2.51. The number of aliphatic hydroxyl groups excluding tert-OH is 1. The first-order valence-corrected chi connectivity index (χ1v) is 8.19. The number of rotatable bonds is 6. The molecule has 0 spiro atoms. The quantitative estimate of drug-likeness (QED) is 0.799. The summed E-state index contributed by atoms with van der Waals surface area (Å²) < 4.78 is 10.3. The Labute approximate surface area is 149 Å². The van der Waals surface area contributed by atoms with Crippen LogP contribution >= 0.6 is 0 Å². The summed E-state index contributed by atoms with van der Waals surface area (Å²) in [6, 6.07) is 8.13. The molecule has 6 heteroatoms. The summed E-state index contributed by atoms with van der Waals surface area (Å²) >= 11 is 0. The van der Waals surface area contributed by atoms with E-state index in [0.717, 1.165) is 10.5 Å². The topological polar surface area (TPSA) is 76.1 Å². The zero-order chi connectivity index (χ0) is 19.0. The molecule has 1 aromatic rings. The van der Waals surface area contributed by atoms with Crippen LogP contribution in [0.2, 0.25) is 0 Å². The molecule has 0 saturated heterocycles. The van der Waals surface area contributed by atoms with Gasteiger partial charge in [0.05, 0.1) is 6.61 Å². The number of hydrogen-bond acceptors (Lipinski definition) is 5. The third-order valence-corrected chi connectivity index (χ3v) is 3.24. The van der Waals surface area contributed by atoms with Gasteiger partial charge in [-0.25, -0.2) is 9.59 Å². The molecule has 0 aliphatic heterocycles. The molecule has 0 aromatic heterocycles. The van der Waals surface area contributed by atoms with E-state index < -0.39 is 29.8 Å². The van der Waals surface area contributed by atoms with Gasteiger partial charge in [0.25, 0.3) is 0 Å². The molecule has 138 valence electrons. The predicted octanol–water partition coefficient (Wildman–Crippen LogP) is 2.86. The van der Waals surface area contributed by atoms with Crippen LogP contribution in [-0.2, 0) is 14.3 Å². The molecule has 0 radical (unpaired) electrons. The Morgan fingerprint density at radius 2 is 1.84 bits per heavy atom. The van der Waals surface area contributed by atoms with Gasteiger partial charge >= 0.3 is 12.1 Å². The maximum Gasteiger partial charge on any atom is 0.410 e. The molecule has 6 nitrogen and oxygen atoms in total. The van der Waals surface area contributed by atoms with E-state index >= 15 is 0 Å². The standard InChI is InChI=1S/C19H27NO5/c1-6-24-17(22)16(20(5)18(23)25-19(2,3)4)15(21)13-12-14-10-8-7-9-11-14/h7-13,15-16,21H,6H2,1-5H3/b13-12+/t15-,16-/m0/s1. The van der Waals surface area contributed by atoms with Crippen molar-refractivity contribution in [3.05, 3.63) is 42.0 Å². The minimum atomic E-state index is -1.24. The predicted molar refractivity (Wildman–Crippen MR) is 95.9 cm³/mol. The highest BCUT2D eigenvalue weighted by Crippen LogP contribution is 2.15. The molecule has 1 rings (SSSR count). The number of nitrogens with zero attached hydrogens (tertiary/aromatic N) is 1. The second-order valence-electron chi connectivity index (χ2n) is 6.55. The molecule has 1 aromatic carbocycles. The van der Waals surface area contributed by atoms with Crippen molar-refractivity contribution >= 4 is 18.1 Å². The maximum absolute atomic E-state index is 12.2. The smallest absolute Gasteiger partial charge is 0.410 e. The van der Waals surface area contributed by atoms with Gasteiger partial charge in [-0.1, -0.05) is 42.5 Å². The Morgan fingerprint density at radius 1 is 1.24 bits per heavy atom. The fourth-order valence-electron chi connectivity index (χ4n) is 2.08. The van der Waals surface area contributed by atoms with Crippen LogP contribution in [0.5, 0.6) is 0 Å². The second-order valence-corrected chi connectivity index (χ2v) is 6.55. The van der Waals surface area contributed by atoms with Gasteiger partial charge in [0.15, 0.2) is 6.04 Å². The third kappa shape index (κ3) is 6.97. The van der Waals surface area contributed by atoms with Gasteiger partial charge < -0.3 is 14.6 Å². The third-order valence-electron chi connectivity index (χ3n) is 3.24. The van der Waals surface area contributed by atoms with E-state index in [9.17, 15) is 14.7 Å². The summed E-state index contributed by atoms with van der Waals surface area (Å²) in [7, 11) is 1.40. The molecule has 0 unspecified atom stereocenters. The highest BCUT2D eigenvalue weighted by molar-refractivity contribution is 5.82. The minimum Gasteiger partial charge on any atom is -0.464 e. The average Bonchev–Trinajstić information content (AvgIpc) is 2.52. The van der Waals surface area contributed by atoms with Gasteiger partial charge in [0.1, 0.15) is 11.7 Å². The second kappa shape index (κ2) is 9.22. The van der Waals surface area contributed by atoms with Crippen LogP contribution in [0.25, 0.3) is 6.08 Å². The molecule has 2 atom stereocenters. The van der Waals surface area contributed by atoms with Gasteiger partial charge in [-0.2, -0.15) is 0 Å². The van der Waals surface area contributed by atoms with Crippen molar-refractivity contribution in [2.45, 2.75) is 45.4 Å². The van der Waals surface area contributed by atoms with Crippen LogP contribution in [0.1, 0.15) is 33.3 Å². The van der Waals surface area contributed by atoms with Crippen molar-refractivity contribution in [3.8, 4) is 0 Å². The zero-order valence-electron chi connectivity index (χ0n) is 15.4. The van der Waals surface area contributed by atoms with E-state index in [-0.39, 0.29) is 6.61 Å². The molecular formula is C19H27NO5. The first-order valence-electron chi connectivity index (χ1n) is 8.19.